The Morgan fingerprint density at radius 1 is 1.40 bits per heavy atom. The molecule has 0 aliphatic carbocycles. The van der Waals surface area contributed by atoms with Crippen LogP contribution in [0.5, 0.6) is 5.75 Å². The highest BCUT2D eigenvalue weighted by Crippen LogP contribution is 2.33. The molecule has 0 bridgehead atoms. The van der Waals surface area contributed by atoms with E-state index in [0.717, 1.165) is 41.6 Å². The summed E-state index contributed by atoms with van der Waals surface area (Å²) in [7, 11) is 0. The number of nitrogens with one attached hydrogen (secondary N) is 1. The Morgan fingerprint density at radius 2 is 2.30 bits per heavy atom. The topological polar surface area (TPSA) is 34.1 Å². The Kier molecular flexibility index (Phi) is 3.90. The molecule has 3 nitrogen and oxygen atoms in total. The van der Waals surface area contributed by atoms with Gasteiger partial charge in [-0.05, 0) is 36.8 Å². The van der Waals surface area contributed by atoms with Crippen molar-refractivity contribution in [2.45, 2.75) is 25.9 Å². The Hall–Kier alpha value is -1.58. The van der Waals surface area contributed by atoms with Crippen molar-refractivity contribution >= 4 is 11.6 Å². The second kappa shape index (κ2) is 5.81. The van der Waals surface area contributed by atoms with E-state index in [4.69, 9.17) is 16.3 Å². The van der Waals surface area contributed by atoms with E-state index in [2.05, 4.69) is 17.2 Å². The minimum atomic E-state index is 0.187. The molecule has 0 saturated heterocycles. The number of halogens is 1. The number of pyridine rings is 1. The average Bonchev–Trinajstić information content (AvgIpc) is 2.93. The van der Waals surface area contributed by atoms with Crippen LogP contribution in [0.3, 0.4) is 0 Å². The number of benzene rings is 1. The molecule has 0 amide bonds. The molecule has 0 spiro atoms. The zero-order valence-electron chi connectivity index (χ0n) is 11.4. The third-order valence-corrected chi connectivity index (χ3v) is 3.77. The summed E-state index contributed by atoms with van der Waals surface area (Å²) in [5.74, 6) is 0.995. The molecule has 1 aromatic heterocycles. The van der Waals surface area contributed by atoms with Gasteiger partial charge in [0.1, 0.15) is 5.75 Å². The van der Waals surface area contributed by atoms with Gasteiger partial charge in [-0.15, -0.1) is 0 Å². The monoisotopic (exact) mass is 288 g/mol. The van der Waals surface area contributed by atoms with Gasteiger partial charge >= 0.3 is 0 Å². The lowest BCUT2D eigenvalue weighted by Gasteiger charge is -2.15. The van der Waals surface area contributed by atoms with Gasteiger partial charge in [0, 0.05) is 35.8 Å². The molecule has 0 saturated carbocycles. The van der Waals surface area contributed by atoms with Crippen molar-refractivity contribution in [1.82, 2.24) is 10.3 Å². The van der Waals surface area contributed by atoms with Crippen molar-refractivity contribution in [1.29, 1.82) is 0 Å². The van der Waals surface area contributed by atoms with Crippen molar-refractivity contribution in [3.8, 4) is 5.75 Å². The lowest BCUT2D eigenvalue weighted by Crippen LogP contribution is -2.19. The second-order valence-electron chi connectivity index (χ2n) is 5.01. The fourth-order valence-electron chi connectivity index (χ4n) is 2.48. The molecule has 1 aromatic carbocycles. The number of ether oxygens (including phenoxy) is 1. The summed E-state index contributed by atoms with van der Waals surface area (Å²) >= 11 is 6.17. The van der Waals surface area contributed by atoms with Crippen LogP contribution in [0, 0.1) is 0 Å². The predicted octanol–water partition coefficient (Wildman–Crippen LogP) is 3.52. The molecular formula is C16H17ClN2O. The van der Waals surface area contributed by atoms with Gasteiger partial charge in [0.15, 0.2) is 0 Å². The number of hydrogen-bond donors (Lipinski definition) is 1. The predicted molar refractivity (Wildman–Crippen MR) is 80.1 cm³/mol. The Balaban J connectivity index is 1.73. The zero-order chi connectivity index (χ0) is 13.9. The van der Waals surface area contributed by atoms with E-state index < -0.39 is 0 Å². The van der Waals surface area contributed by atoms with Crippen LogP contribution >= 0.6 is 11.6 Å². The fraction of sp³-hybridized carbons (Fsp3) is 0.312. The van der Waals surface area contributed by atoms with Crippen molar-refractivity contribution in [3.63, 3.8) is 0 Å². The molecule has 1 unspecified atom stereocenters. The minimum absolute atomic E-state index is 0.187. The molecule has 2 heterocycles. The molecular weight excluding hydrogens is 272 g/mol. The van der Waals surface area contributed by atoms with Crippen molar-refractivity contribution in [2.75, 3.05) is 6.61 Å². The van der Waals surface area contributed by atoms with E-state index in [-0.39, 0.29) is 6.04 Å². The first-order valence-electron chi connectivity index (χ1n) is 6.82. The largest absolute Gasteiger partial charge is 0.493 e. The van der Waals surface area contributed by atoms with Crippen LogP contribution in [0.1, 0.15) is 29.8 Å². The third kappa shape index (κ3) is 2.79. The number of nitrogens with zero attached hydrogens (tertiary/aromatic N) is 1. The zero-order valence-corrected chi connectivity index (χ0v) is 12.2. The highest BCUT2D eigenvalue weighted by atomic mass is 35.5. The molecule has 3 rings (SSSR count). The molecule has 1 N–H and O–H groups in total. The van der Waals surface area contributed by atoms with Crippen molar-refractivity contribution in [3.05, 3.63) is 58.4 Å². The highest BCUT2D eigenvalue weighted by Gasteiger charge is 2.18. The third-order valence-electron chi connectivity index (χ3n) is 3.56. The first kappa shape index (κ1) is 13.4. The highest BCUT2D eigenvalue weighted by molar-refractivity contribution is 6.30. The van der Waals surface area contributed by atoms with Gasteiger partial charge in [-0.25, -0.2) is 0 Å². The van der Waals surface area contributed by atoms with Crippen LogP contribution in [0.25, 0.3) is 0 Å². The summed E-state index contributed by atoms with van der Waals surface area (Å²) in [5.41, 5.74) is 3.36. The quantitative estimate of drug-likeness (QED) is 0.935. The van der Waals surface area contributed by atoms with Gasteiger partial charge in [0.05, 0.1) is 12.3 Å². The number of rotatable bonds is 4. The summed E-state index contributed by atoms with van der Waals surface area (Å²) in [6, 6.07) is 10.1. The van der Waals surface area contributed by atoms with E-state index in [1.54, 1.807) is 0 Å². The summed E-state index contributed by atoms with van der Waals surface area (Å²) in [4.78, 5) is 4.36. The van der Waals surface area contributed by atoms with Crippen LogP contribution in [0.15, 0.2) is 36.5 Å². The first-order chi connectivity index (χ1) is 9.74. The SMILES string of the molecule is CC(NCc1cc(Cl)cc2c1OCC2)c1ccccn1. The first-order valence-corrected chi connectivity index (χ1v) is 7.20. The number of hydrogen-bond acceptors (Lipinski definition) is 3. The van der Waals surface area contributed by atoms with E-state index in [0.29, 0.717) is 0 Å². The van der Waals surface area contributed by atoms with Crippen molar-refractivity contribution in [2.24, 2.45) is 0 Å². The lowest BCUT2D eigenvalue weighted by molar-refractivity contribution is 0.351. The fourth-order valence-corrected chi connectivity index (χ4v) is 2.74. The summed E-state index contributed by atoms with van der Waals surface area (Å²) in [5, 5.41) is 4.25. The number of aromatic nitrogens is 1. The standard InChI is InChI=1S/C16H17ClN2O/c1-11(15-4-2-3-6-18-15)19-10-13-9-14(17)8-12-5-7-20-16(12)13/h2-4,6,8-9,11,19H,5,7,10H2,1H3. The minimum Gasteiger partial charge on any atom is -0.493 e. The molecule has 20 heavy (non-hydrogen) atoms. The smallest absolute Gasteiger partial charge is 0.127 e. The molecule has 2 aromatic rings. The maximum atomic E-state index is 6.17. The van der Waals surface area contributed by atoms with Crippen LogP contribution in [-0.2, 0) is 13.0 Å². The van der Waals surface area contributed by atoms with Gasteiger partial charge in [-0.3, -0.25) is 4.98 Å². The van der Waals surface area contributed by atoms with Crippen molar-refractivity contribution < 1.29 is 4.74 Å². The van der Waals surface area contributed by atoms with Gasteiger partial charge in [-0.2, -0.15) is 0 Å². The maximum Gasteiger partial charge on any atom is 0.127 e. The summed E-state index contributed by atoms with van der Waals surface area (Å²) in [6.07, 6.45) is 2.76. The van der Waals surface area contributed by atoms with E-state index in [1.807, 2.05) is 36.5 Å². The number of fused-ring (bicyclic) bond motifs is 1. The van der Waals surface area contributed by atoms with Gasteiger partial charge < -0.3 is 10.1 Å². The van der Waals surface area contributed by atoms with E-state index in [9.17, 15) is 0 Å². The molecule has 4 heteroatoms. The van der Waals surface area contributed by atoms with Crippen LogP contribution < -0.4 is 10.1 Å². The summed E-state index contributed by atoms with van der Waals surface area (Å²) in [6.45, 7) is 3.58. The Morgan fingerprint density at radius 3 is 3.10 bits per heavy atom. The Bertz CT molecular complexity index is 601. The van der Waals surface area contributed by atoms with Gasteiger partial charge in [0.25, 0.3) is 0 Å². The molecule has 0 fully saturated rings. The van der Waals surface area contributed by atoms with E-state index in [1.165, 1.54) is 5.56 Å². The van der Waals surface area contributed by atoms with Crippen LogP contribution in [0.4, 0.5) is 0 Å². The molecule has 0 radical (unpaired) electrons. The normalized spacial score (nSPS) is 14.7. The Labute approximate surface area is 123 Å². The second-order valence-corrected chi connectivity index (χ2v) is 5.45. The molecule has 1 aliphatic rings. The lowest BCUT2D eigenvalue weighted by atomic mass is 10.1. The van der Waals surface area contributed by atoms with E-state index >= 15 is 0 Å². The van der Waals surface area contributed by atoms with Crippen LogP contribution in [0.2, 0.25) is 5.02 Å². The van der Waals surface area contributed by atoms with Crippen LogP contribution in [-0.4, -0.2) is 11.6 Å². The summed E-state index contributed by atoms with van der Waals surface area (Å²) < 4.78 is 5.71. The van der Waals surface area contributed by atoms with Gasteiger partial charge in [0.2, 0.25) is 0 Å². The molecule has 1 aliphatic heterocycles. The molecule has 104 valence electrons. The average molecular weight is 289 g/mol. The molecule has 1 atom stereocenters. The maximum absolute atomic E-state index is 6.17. The van der Waals surface area contributed by atoms with Gasteiger partial charge in [-0.1, -0.05) is 17.7 Å².